The van der Waals surface area contributed by atoms with Gasteiger partial charge in [-0.15, -0.1) is 0 Å². The van der Waals surface area contributed by atoms with E-state index in [-0.39, 0.29) is 18.0 Å². The molecule has 0 bridgehead atoms. The topological polar surface area (TPSA) is 95.7 Å². The molecule has 33 heavy (non-hydrogen) atoms. The summed E-state index contributed by atoms with van der Waals surface area (Å²) in [6.45, 7) is 2.61. The van der Waals surface area contributed by atoms with Crippen molar-refractivity contribution in [2.45, 2.75) is 50.4 Å². The minimum atomic E-state index is -0.626. The lowest BCUT2D eigenvalue weighted by molar-refractivity contribution is -0.116. The van der Waals surface area contributed by atoms with Crippen molar-refractivity contribution in [2.75, 3.05) is 20.3 Å². The Morgan fingerprint density at radius 3 is 2.82 bits per heavy atom. The van der Waals surface area contributed by atoms with Crippen LogP contribution in [0.3, 0.4) is 0 Å². The van der Waals surface area contributed by atoms with Crippen molar-refractivity contribution < 1.29 is 24.1 Å². The normalized spacial score (nSPS) is 24.7. The van der Waals surface area contributed by atoms with Gasteiger partial charge in [-0.25, -0.2) is 4.98 Å². The molecule has 5 rings (SSSR count). The lowest BCUT2D eigenvalue weighted by atomic mass is 9.92. The Morgan fingerprint density at radius 1 is 1.33 bits per heavy atom. The Kier molecular flexibility index (Phi) is 5.68. The van der Waals surface area contributed by atoms with Gasteiger partial charge in [0.15, 0.2) is 0 Å². The van der Waals surface area contributed by atoms with E-state index in [0.29, 0.717) is 44.6 Å². The van der Waals surface area contributed by atoms with Crippen LogP contribution in [-0.2, 0) is 33.3 Å². The largest absolute Gasteiger partial charge is 0.490 e. The number of aromatic nitrogens is 3. The Morgan fingerprint density at radius 2 is 2.15 bits per heavy atom. The molecule has 3 aromatic rings. The number of methoxy groups -OCH3 is 1. The number of aliphatic hydroxyl groups excluding tert-OH is 1. The summed E-state index contributed by atoms with van der Waals surface area (Å²) in [6.07, 6.45) is 5.77. The highest BCUT2D eigenvalue weighted by Gasteiger charge is 2.39. The summed E-state index contributed by atoms with van der Waals surface area (Å²) < 4.78 is 19.8. The van der Waals surface area contributed by atoms with E-state index in [9.17, 15) is 9.90 Å². The van der Waals surface area contributed by atoms with Gasteiger partial charge in [0, 0.05) is 81.4 Å². The second kappa shape index (κ2) is 8.52. The molecule has 0 aromatic carbocycles. The van der Waals surface area contributed by atoms with Gasteiger partial charge < -0.3 is 23.9 Å². The van der Waals surface area contributed by atoms with E-state index in [4.69, 9.17) is 19.2 Å². The number of aliphatic hydroxyl groups is 1. The number of fused-ring (bicyclic) bond motifs is 1. The highest BCUT2D eigenvalue weighted by molar-refractivity contribution is 5.95. The number of carbonyl (C=O) groups is 1. The van der Waals surface area contributed by atoms with E-state index < -0.39 is 5.60 Å². The summed E-state index contributed by atoms with van der Waals surface area (Å²) in [6, 6.07) is 5.83. The first-order valence-corrected chi connectivity index (χ1v) is 11.3. The number of ether oxygens (including phenoxy) is 3. The van der Waals surface area contributed by atoms with Crippen LogP contribution in [0.4, 0.5) is 0 Å². The zero-order valence-corrected chi connectivity index (χ0v) is 19.2. The third-order valence-corrected chi connectivity index (χ3v) is 6.65. The standard InChI is InChI=1S/C25H29N3O5/c1-15(29)6-16-7-20-21(13-28(2)23(20)12-26-16)22-10-19(33-18-8-17(30)9-18)11-24(27-22)25(31-3)4-5-32-14-25/h7,10-13,17-18,30H,4-6,8-9,14H2,1-3H3/t17?,18?,25-/m1/s1. The first kappa shape index (κ1) is 22.0. The SMILES string of the molecule is CO[C@]1(c2cc(OC3CC(O)C3)cc(-c3cn(C)c4cnc(CC(C)=O)cc34)n2)CCOC1. The smallest absolute Gasteiger partial charge is 0.135 e. The minimum absolute atomic E-state index is 0.0136. The summed E-state index contributed by atoms with van der Waals surface area (Å²) in [5, 5.41) is 10.7. The lowest BCUT2D eigenvalue weighted by Crippen LogP contribution is -2.37. The molecule has 3 aromatic heterocycles. The van der Waals surface area contributed by atoms with E-state index >= 15 is 0 Å². The maximum atomic E-state index is 11.7. The van der Waals surface area contributed by atoms with Crippen LogP contribution in [-0.4, -0.2) is 58.0 Å². The van der Waals surface area contributed by atoms with Crippen molar-refractivity contribution in [3.05, 3.63) is 42.0 Å². The number of hydrogen-bond donors (Lipinski definition) is 1. The van der Waals surface area contributed by atoms with Gasteiger partial charge in [-0.1, -0.05) is 0 Å². The lowest BCUT2D eigenvalue weighted by Gasteiger charge is -2.32. The van der Waals surface area contributed by atoms with Gasteiger partial charge in [0.25, 0.3) is 0 Å². The molecule has 0 radical (unpaired) electrons. The fraction of sp³-hybridized carbons (Fsp3) is 0.480. The molecule has 2 aliphatic rings. The number of nitrogens with zero attached hydrogens (tertiary/aromatic N) is 3. The van der Waals surface area contributed by atoms with Crippen LogP contribution < -0.4 is 4.74 Å². The summed E-state index contributed by atoms with van der Waals surface area (Å²) in [5.74, 6) is 0.770. The van der Waals surface area contributed by atoms with Gasteiger partial charge >= 0.3 is 0 Å². The van der Waals surface area contributed by atoms with E-state index in [0.717, 1.165) is 33.5 Å². The molecule has 1 aliphatic carbocycles. The van der Waals surface area contributed by atoms with Crippen molar-refractivity contribution in [1.29, 1.82) is 0 Å². The van der Waals surface area contributed by atoms with Crippen LogP contribution in [0.25, 0.3) is 22.2 Å². The highest BCUT2D eigenvalue weighted by Crippen LogP contribution is 2.39. The molecule has 8 heteroatoms. The number of rotatable bonds is 7. The van der Waals surface area contributed by atoms with Gasteiger partial charge in [0.2, 0.25) is 0 Å². The van der Waals surface area contributed by atoms with Crippen LogP contribution in [0.5, 0.6) is 5.75 Å². The molecule has 2 fully saturated rings. The first-order chi connectivity index (χ1) is 15.9. The molecule has 1 saturated carbocycles. The number of ketones is 1. The van der Waals surface area contributed by atoms with Crippen LogP contribution >= 0.6 is 0 Å². The quantitative estimate of drug-likeness (QED) is 0.590. The maximum absolute atomic E-state index is 11.7. The zero-order valence-electron chi connectivity index (χ0n) is 19.2. The molecule has 1 aliphatic heterocycles. The van der Waals surface area contributed by atoms with E-state index in [1.165, 1.54) is 0 Å². The fourth-order valence-corrected chi connectivity index (χ4v) is 4.66. The molecule has 0 spiro atoms. The predicted molar refractivity (Wildman–Crippen MR) is 122 cm³/mol. The number of Topliss-reactive ketones (excluding diaryl/α,β-unsaturated/α-hetero) is 1. The van der Waals surface area contributed by atoms with E-state index in [2.05, 4.69) is 4.98 Å². The molecule has 174 valence electrons. The van der Waals surface area contributed by atoms with Crippen molar-refractivity contribution in [2.24, 2.45) is 7.05 Å². The monoisotopic (exact) mass is 451 g/mol. The highest BCUT2D eigenvalue weighted by atomic mass is 16.5. The Bertz CT molecular complexity index is 1190. The zero-order chi connectivity index (χ0) is 23.2. The van der Waals surface area contributed by atoms with Gasteiger partial charge in [-0.2, -0.15) is 0 Å². The van der Waals surface area contributed by atoms with Gasteiger partial charge in [0.1, 0.15) is 23.2 Å². The van der Waals surface area contributed by atoms with Gasteiger partial charge in [-0.05, 0) is 13.0 Å². The maximum Gasteiger partial charge on any atom is 0.135 e. The van der Waals surface area contributed by atoms with Crippen LogP contribution in [0.2, 0.25) is 0 Å². The molecule has 0 amide bonds. The van der Waals surface area contributed by atoms with Crippen molar-refractivity contribution in [3.63, 3.8) is 0 Å². The second-order valence-corrected chi connectivity index (χ2v) is 9.16. The molecular weight excluding hydrogens is 422 g/mol. The van der Waals surface area contributed by atoms with Crippen LogP contribution in [0, 0.1) is 0 Å². The van der Waals surface area contributed by atoms with Crippen molar-refractivity contribution in [3.8, 4) is 17.0 Å². The van der Waals surface area contributed by atoms with Gasteiger partial charge in [0.05, 0.1) is 35.8 Å². The Balaban J connectivity index is 1.62. The first-order valence-electron chi connectivity index (χ1n) is 11.3. The van der Waals surface area contributed by atoms with Crippen LogP contribution in [0.15, 0.2) is 30.6 Å². The van der Waals surface area contributed by atoms with E-state index in [1.54, 1.807) is 20.2 Å². The summed E-state index contributed by atoms with van der Waals surface area (Å²) in [7, 11) is 3.65. The summed E-state index contributed by atoms with van der Waals surface area (Å²) in [4.78, 5) is 21.1. The Hall–Kier alpha value is -2.81. The summed E-state index contributed by atoms with van der Waals surface area (Å²) >= 11 is 0. The van der Waals surface area contributed by atoms with E-state index in [1.807, 2.05) is 36.0 Å². The molecule has 1 saturated heterocycles. The molecule has 1 atom stereocenters. The molecule has 0 unspecified atom stereocenters. The fourth-order valence-electron chi connectivity index (χ4n) is 4.66. The molecule has 4 heterocycles. The third-order valence-electron chi connectivity index (χ3n) is 6.65. The van der Waals surface area contributed by atoms with Crippen molar-refractivity contribution in [1.82, 2.24) is 14.5 Å². The predicted octanol–water partition coefficient (Wildman–Crippen LogP) is 2.93. The number of pyridine rings is 2. The molecule has 8 nitrogen and oxygen atoms in total. The Labute approximate surface area is 192 Å². The van der Waals surface area contributed by atoms with Crippen molar-refractivity contribution >= 4 is 16.7 Å². The minimum Gasteiger partial charge on any atom is -0.490 e. The number of aryl methyl sites for hydroxylation is 1. The number of carbonyl (C=O) groups excluding carboxylic acids is 1. The number of hydrogen-bond acceptors (Lipinski definition) is 7. The average molecular weight is 452 g/mol. The molecule has 1 N–H and O–H groups in total. The average Bonchev–Trinajstić information content (AvgIpc) is 3.38. The second-order valence-electron chi connectivity index (χ2n) is 9.16. The summed E-state index contributed by atoms with van der Waals surface area (Å²) in [5.41, 5.74) is 3.53. The van der Waals surface area contributed by atoms with Crippen LogP contribution in [0.1, 0.15) is 37.6 Å². The molecular formula is C25H29N3O5. The third kappa shape index (κ3) is 4.14. The van der Waals surface area contributed by atoms with Gasteiger partial charge in [-0.3, -0.25) is 9.78 Å².